The number of aromatic nitrogens is 2. The second-order valence-corrected chi connectivity index (χ2v) is 8.06. The van der Waals surface area contributed by atoms with E-state index in [1.807, 2.05) is 11.4 Å². The van der Waals surface area contributed by atoms with Crippen LogP contribution in [0.3, 0.4) is 0 Å². The minimum atomic E-state index is -0.512. The molecule has 2 heterocycles. The Morgan fingerprint density at radius 1 is 1.06 bits per heavy atom. The van der Waals surface area contributed by atoms with Gasteiger partial charge in [0.2, 0.25) is 5.91 Å². The van der Waals surface area contributed by atoms with E-state index in [0.717, 1.165) is 5.56 Å². The molecule has 0 saturated carbocycles. The van der Waals surface area contributed by atoms with Crippen molar-refractivity contribution in [3.63, 3.8) is 0 Å². The lowest BCUT2D eigenvalue weighted by atomic mass is 10.1. The largest absolute Gasteiger partial charge is 0.493 e. The number of anilines is 1. The molecule has 1 N–H and O–H groups in total. The maximum absolute atomic E-state index is 13.3. The van der Waals surface area contributed by atoms with E-state index in [4.69, 9.17) is 14.2 Å². The van der Waals surface area contributed by atoms with Crippen molar-refractivity contribution in [3.8, 4) is 22.6 Å². The molecule has 0 radical (unpaired) electrons. The fourth-order valence-corrected chi connectivity index (χ4v) is 4.40. The molecule has 4 aromatic rings. The molecule has 1 amide bonds. The van der Waals surface area contributed by atoms with Crippen LogP contribution < -0.4 is 20.3 Å². The SMILES string of the molecule is COC(=O)c1cccc(NC(=O)Cn2cnc3scc(-c4ccc(OC)c(OC)c4)c3c2=O)c1. The standard InChI is InChI=1S/C24H21N3O6S/c1-31-18-8-7-14(10-19(18)32-2)17-12-34-22-21(17)23(29)27(13-25-22)11-20(28)26-16-6-4-5-15(9-16)24(30)33-3/h4-10,12-13H,11H2,1-3H3,(H,26,28). The third-order valence-electron chi connectivity index (χ3n) is 5.14. The van der Waals surface area contributed by atoms with Crippen molar-refractivity contribution in [3.05, 3.63) is 70.1 Å². The van der Waals surface area contributed by atoms with Crippen LogP contribution in [0.25, 0.3) is 21.3 Å². The lowest BCUT2D eigenvalue weighted by molar-refractivity contribution is -0.116. The molecule has 0 aliphatic heterocycles. The first-order valence-corrected chi connectivity index (χ1v) is 11.0. The first-order chi connectivity index (χ1) is 16.4. The molecule has 0 aliphatic rings. The maximum Gasteiger partial charge on any atom is 0.337 e. The highest BCUT2D eigenvalue weighted by molar-refractivity contribution is 7.17. The number of ether oxygens (including phenoxy) is 3. The third-order valence-corrected chi connectivity index (χ3v) is 6.02. The van der Waals surface area contributed by atoms with E-state index < -0.39 is 11.9 Å². The van der Waals surface area contributed by atoms with Gasteiger partial charge in [0.15, 0.2) is 11.5 Å². The number of benzene rings is 2. The van der Waals surface area contributed by atoms with Gasteiger partial charge in [-0.3, -0.25) is 14.2 Å². The van der Waals surface area contributed by atoms with Gasteiger partial charge in [-0.05, 0) is 35.9 Å². The van der Waals surface area contributed by atoms with Crippen LogP contribution in [0.1, 0.15) is 10.4 Å². The zero-order valence-corrected chi connectivity index (χ0v) is 19.5. The van der Waals surface area contributed by atoms with Gasteiger partial charge in [0, 0.05) is 16.6 Å². The van der Waals surface area contributed by atoms with Crippen LogP contribution in [0, 0.1) is 0 Å². The normalized spacial score (nSPS) is 10.7. The average molecular weight is 480 g/mol. The van der Waals surface area contributed by atoms with Crippen molar-refractivity contribution in [2.45, 2.75) is 6.54 Å². The van der Waals surface area contributed by atoms with E-state index in [9.17, 15) is 14.4 Å². The van der Waals surface area contributed by atoms with Crippen LogP contribution in [0.4, 0.5) is 5.69 Å². The fraction of sp³-hybridized carbons (Fsp3) is 0.167. The Hall–Kier alpha value is -4.18. The number of nitrogens with one attached hydrogen (secondary N) is 1. The first kappa shape index (κ1) is 23.0. The highest BCUT2D eigenvalue weighted by Gasteiger charge is 2.17. The monoisotopic (exact) mass is 479 g/mol. The molecule has 0 bridgehead atoms. The topological polar surface area (TPSA) is 109 Å². The van der Waals surface area contributed by atoms with Crippen molar-refractivity contribution in [2.75, 3.05) is 26.6 Å². The summed E-state index contributed by atoms with van der Waals surface area (Å²) >= 11 is 1.34. The minimum Gasteiger partial charge on any atom is -0.493 e. The van der Waals surface area contributed by atoms with Crippen LogP contribution in [-0.4, -0.2) is 42.8 Å². The van der Waals surface area contributed by atoms with E-state index in [2.05, 4.69) is 10.3 Å². The van der Waals surface area contributed by atoms with E-state index in [0.29, 0.717) is 38.5 Å². The molecule has 2 aromatic carbocycles. The molecule has 4 rings (SSSR count). The predicted molar refractivity (Wildman–Crippen MR) is 129 cm³/mol. The summed E-state index contributed by atoms with van der Waals surface area (Å²) in [6, 6.07) is 11.7. The summed E-state index contributed by atoms with van der Waals surface area (Å²) in [7, 11) is 4.38. The van der Waals surface area contributed by atoms with Gasteiger partial charge >= 0.3 is 5.97 Å². The Morgan fingerprint density at radius 2 is 1.85 bits per heavy atom. The van der Waals surface area contributed by atoms with Gasteiger partial charge in [-0.1, -0.05) is 12.1 Å². The van der Waals surface area contributed by atoms with Gasteiger partial charge < -0.3 is 19.5 Å². The van der Waals surface area contributed by atoms with Crippen LogP contribution in [-0.2, 0) is 16.1 Å². The molecule has 174 valence electrons. The number of hydrogen-bond donors (Lipinski definition) is 1. The second kappa shape index (κ2) is 9.75. The number of rotatable bonds is 7. The molecule has 0 saturated heterocycles. The lowest BCUT2D eigenvalue weighted by Crippen LogP contribution is -2.27. The summed E-state index contributed by atoms with van der Waals surface area (Å²) < 4.78 is 16.6. The van der Waals surface area contributed by atoms with Crippen LogP contribution in [0.15, 0.2) is 59.0 Å². The van der Waals surface area contributed by atoms with Gasteiger partial charge in [-0.15, -0.1) is 11.3 Å². The second-order valence-electron chi connectivity index (χ2n) is 7.20. The van der Waals surface area contributed by atoms with E-state index in [1.165, 1.54) is 35.4 Å². The summed E-state index contributed by atoms with van der Waals surface area (Å²) in [6.07, 6.45) is 1.35. The first-order valence-electron chi connectivity index (χ1n) is 10.1. The molecular weight excluding hydrogens is 458 g/mol. The van der Waals surface area contributed by atoms with Gasteiger partial charge in [0.25, 0.3) is 5.56 Å². The smallest absolute Gasteiger partial charge is 0.337 e. The molecule has 0 fully saturated rings. The number of fused-ring (bicyclic) bond motifs is 1. The maximum atomic E-state index is 13.3. The number of carbonyl (C=O) groups is 2. The summed E-state index contributed by atoms with van der Waals surface area (Å²) in [5, 5.41) is 4.96. The Balaban J connectivity index is 1.63. The molecule has 2 aromatic heterocycles. The number of nitrogens with zero attached hydrogens (tertiary/aromatic N) is 2. The summed E-state index contributed by atoms with van der Waals surface area (Å²) in [5.74, 6) is 0.168. The summed E-state index contributed by atoms with van der Waals surface area (Å²) in [4.78, 5) is 42.5. The van der Waals surface area contributed by atoms with Crippen molar-refractivity contribution >= 4 is 39.1 Å². The predicted octanol–water partition coefficient (Wildman–Crippen LogP) is 3.57. The van der Waals surface area contributed by atoms with Crippen molar-refractivity contribution in [2.24, 2.45) is 0 Å². The Labute approximate surface area is 198 Å². The highest BCUT2D eigenvalue weighted by atomic mass is 32.1. The van der Waals surface area contributed by atoms with Gasteiger partial charge in [-0.2, -0.15) is 0 Å². The molecule has 0 aliphatic carbocycles. The highest BCUT2D eigenvalue weighted by Crippen LogP contribution is 2.36. The van der Waals surface area contributed by atoms with E-state index in [-0.39, 0.29) is 12.1 Å². The van der Waals surface area contributed by atoms with Crippen molar-refractivity contribution in [1.29, 1.82) is 0 Å². The van der Waals surface area contributed by atoms with E-state index in [1.54, 1.807) is 44.6 Å². The van der Waals surface area contributed by atoms with Crippen LogP contribution >= 0.6 is 11.3 Å². The molecule has 0 unspecified atom stereocenters. The zero-order valence-electron chi connectivity index (χ0n) is 18.7. The van der Waals surface area contributed by atoms with Gasteiger partial charge in [0.05, 0.1) is 38.6 Å². The van der Waals surface area contributed by atoms with Crippen LogP contribution in [0.2, 0.25) is 0 Å². The summed E-state index contributed by atoms with van der Waals surface area (Å²) in [6.45, 7) is -0.245. The zero-order chi connectivity index (χ0) is 24.2. The number of methoxy groups -OCH3 is 3. The third kappa shape index (κ3) is 4.48. The molecule has 10 heteroatoms. The van der Waals surface area contributed by atoms with Gasteiger partial charge in [0.1, 0.15) is 11.4 Å². The Kier molecular flexibility index (Phi) is 6.60. The molecule has 0 spiro atoms. The molecule has 34 heavy (non-hydrogen) atoms. The Morgan fingerprint density at radius 3 is 2.59 bits per heavy atom. The fourth-order valence-electron chi connectivity index (χ4n) is 3.49. The van der Waals surface area contributed by atoms with E-state index >= 15 is 0 Å². The molecular formula is C24H21N3O6S. The average Bonchev–Trinajstić information content (AvgIpc) is 3.30. The number of hydrogen-bond acceptors (Lipinski definition) is 8. The molecule has 9 nitrogen and oxygen atoms in total. The van der Waals surface area contributed by atoms with Crippen molar-refractivity contribution < 1.29 is 23.8 Å². The molecule has 0 atom stereocenters. The number of thiophene rings is 1. The van der Waals surface area contributed by atoms with Crippen molar-refractivity contribution in [1.82, 2.24) is 9.55 Å². The summed E-state index contributed by atoms with van der Waals surface area (Å²) in [5.41, 5.74) is 1.84. The quantitative estimate of drug-likeness (QED) is 0.404. The number of amides is 1. The number of esters is 1. The van der Waals surface area contributed by atoms with Gasteiger partial charge in [-0.25, -0.2) is 9.78 Å². The van der Waals surface area contributed by atoms with Crippen LogP contribution in [0.5, 0.6) is 11.5 Å². The minimum absolute atomic E-state index is 0.245. The number of carbonyl (C=O) groups excluding carboxylic acids is 2. The lowest BCUT2D eigenvalue weighted by Gasteiger charge is -2.10. The Bertz CT molecular complexity index is 1440.